The molecule has 23 heavy (non-hydrogen) atoms. The Morgan fingerprint density at radius 2 is 1.83 bits per heavy atom. The fraction of sp³-hybridized carbons (Fsp3) is 0.294. The van der Waals surface area contributed by atoms with E-state index < -0.39 is 0 Å². The molecule has 1 atom stereocenters. The molecule has 0 aliphatic heterocycles. The molecule has 0 aliphatic rings. The van der Waals surface area contributed by atoms with Crippen LogP contribution in [0.5, 0.6) is 0 Å². The van der Waals surface area contributed by atoms with Gasteiger partial charge in [0.25, 0.3) is 5.91 Å². The average Bonchev–Trinajstić information content (AvgIpc) is 3.07. The molecule has 2 aromatic rings. The summed E-state index contributed by atoms with van der Waals surface area (Å²) in [5.74, 6) is 0.271. The Labute approximate surface area is 135 Å². The lowest BCUT2D eigenvalue weighted by Gasteiger charge is -2.22. The average molecular weight is 315 g/mol. The molecule has 2 amide bonds. The fourth-order valence-electron chi connectivity index (χ4n) is 2.14. The molecule has 0 bridgehead atoms. The molecule has 0 fully saturated rings. The molecular weight excluding hydrogens is 294 g/mol. The summed E-state index contributed by atoms with van der Waals surface area (Å²) in [4.78, 5) is 25.7. The minimum Gasteiger partial charge on any atom is -0.468 e. The number of benzene rings is 1. The first-order valence-electron chi connectivity index (χ1n) is 7.37. The van der Waals surface area contributed by atoms with E-state index in [0.29, 0.717) is 12.1 Å². The largest absolute Gasteiger partial charge is 0.468 e. The predicted octanol–water partition coefficient (Wildman–Crippen LogP) is 1.43. The molecule has 1 unspecified atom stereocenters. The summed E-state index contributed by atoms with van der Waals surface area (Å²) in [5.41, 5.74) is 0.530. The van der Waals surface area contributed by atoms with E-state index in [1.165, 1.54) is 0 Å². The summed E-state index contributed by atoms with van der Waals surface area (Å²) < 4.78 is 5.38. The van der Waals surface area contributed by atoms with Crippen LogP contribution in [0.3, 0.4) is 0 Å². The highest BCUT2D eigenvalue weighted by Gasteiger charge is 2.18. The van der Waals surface area contributed by atoms with E-state index in [4.69, 9.17) is 4.42 Å². The van der Waals surface area contributed by atoms with E-state index in [0.717, 1.165) is 5.76 Å². The third-order valence-electron chi connectivity index (χ3n) is 3.43. The van der Waals surface area contributed by atoms with Crippen molar-refractivity contribution in [1.82, 2.24) is 15.5 Å². The minimum atomic E-state index is -0.268. The Morgan fingerprint density at radius 3 is 2.43 bits per heavy atom. The van der Waals surface area contributed by atoms with Crippen molar-refractivity contribution < 1.29 is 14.0 Å². The number of carbonyl (C=O) groups excluding carboxylic acids is 2. The Bertz CT molecular complexity index is 624. The van der Waals surface area contributed by atoms with Crippen molar-refractivity contribution >= 4 is 11.8 Å². The number of rotatable bonds is 7. The molecule has 0 saturated heterocycles. The van der Waals surface area contributed by atoms with Crippen LogP contribution in [0.25, 0.3) is 0 Å². The second kappa shape index (κ2) is 8.14. The molecule has 6 nitrogen and oxygen atoms in total. The number of amides is 2. The molecule has 2 N–H and O–H groups in total. The van der Waals surface area contributed by atoms with Crippen molar-refractivity contribution in [2.24, 2.45) is 0 Å². The van der Waals surface area contributed by atoms with E-state index in [-0.39, 0.29) is 24.4 Å². The van der Waals surface area contributed by atoms with Crippen molar-refractivity contribution in [1.29, 1.82) is 0 Å². The van der Waals surface area contributed by atoms with E-state index >= 15 is 0 Å². The topological polar surface area (TPSA) is 74.6 Å². The summed E-state index contributed by atoms with van der Waals surface area (Å²) in [6.07, 6.45) is 1.60. The quantitative estimate of drug-likeness (QED) is 0.810. The van der Waals surface area contributed by atoms with Gasteiger partial charge in [-0.05, 0) is 38.4 Å². The summed E-state index contributed by atoms with van der Waals surface area (Å²) in [6.45, 7) is 0.340. The van der Waals surface area contributed by atoms with Gasteiger partial charge in [0.15, 0.2) is 0 Å². The standard InChI is InChI=1S/C17H21N3O3/c1-20(2)14(15-9-6-10-23-15)11-18-16(21)12-19-17(22)13-7-4-3-5-8-13/h3-10,14H,11-12H2,1-2H3,(H,18,21)(H,19,22). The van der Waals surface area contributed by atoms with Crippen LogP contribution in [-0.2, 0) is 4.79 Å². The highest BCUT2D eigenvalue weighted by Crippen LogP contribution is 2.17. The van der Waals surface area contributed by atoms with E-state index in [9.17, 15) is 9.59 Å². The van der Waals surface area contributed by atoms with Crippen LogP contribution >= 0.6 is 0 Å². The molecular formula is C17H21N3O3. The van der Waals surface area contributed by atoms with E-state index in [1.54, 1.807) is 30.5 Å². The first-order valence-corrected chi connectivity index (χ1v) is 7.37. The second-order valence-corrected chi connectivity index (χ2v) is 5.35. The zero-order valence-corrected chi connectivity index (χ0v) is 13.3. The maximum atomic E-state index is 11.9. The number of likely N-dealkylation sites (N-methyl/N-ethyl adjacent to an activating group) is 1. The van der Waals surface area contributed by atoms with Crippen LogP contribution in [0, 0.1) is 0 Å². The van der Waals surface area contributed by atoms with Crippen molar-refractivity contribution in [3.8, 4) is 0 Å². The molecule has 122 valence electrons. The van der Waals surface area contributed by atoms with Crippen molar-refractivity contribution in [3.05, 3.63) is 60.1 Å². The van der Waals surface area contributed by atoms with Crippen LogP contribution in [0.4, 0.5) is 0 Å². The van der Waals surface area contributed by atoms with Gasteiger partial charge < -0.3 is 15.1 Å². The summed E-state index contributed by atoms with van der Waals surface area (Å²) in [7, 11) is 3.83. The molecule has 0 saturated carbocycles. The lowest BCUT2D eigenvalue weighted by Crippen LogP contribution is -2.40. The Balaban J connectivity index is 1.79. The van der Waals surface area contributed by atoms with Gasteiger partial charge in [0.2, 0.25) is 5.91 Å². The molecule has 0 radical (unpaired) electrons. The second-order valence-electron chi connectivity index (χ2n) is 5.35. The Kier molecular flexibility index (Phi) is 5.94. The molecule has 2 rings (SSSR count). The first-order chi connectivity index (χ1) is 11.1. The summed E-state index contributed by atoms with van der Waals surface area (Å²) in [6, 6.07) is 12.4. The number of hydrogen-bond acceptors (Lipinski definition) is 4. The lowest BCUT2D eigenvalue weighted by atomic mass is 10.2. The number of furan rings is 1. The Morgan fingerprint density at radius 1 is 1.09 bits per heavy atom. The van der Waals surface area contributed by atoms with Gasteiger partial charge in [-0.25, -0.2) is 0 Å². The molecule has 0 spiro atoms. The number of nitrogens with zero attached hydrogens (tertiary/aromatic N) is 1. The van der Waals surface area contributed by atoms with Crippen LogP contribution in [-0.4, -0.2) is 43.9 Å². The van der Waals surface area contributed by atoms with Crippen molar-refractivity contribution in [2.45, 2.75) is 6.04 Å². The van der Waals surface area contributed by atoms with Gasteiger partial charge in [0, 0.05) is 12.1 Å². The zero-order valence-electron chi connectivity index (χ0n) is 13.3. The Hall–Kier alpha value is -2.60. The third kappa shape index (κ3) is 4.96. The monoisotopic (exact) mass is 315 g/mol. The maximum absolute atomic E-state index is 11.9. The third-order valence-corrected chi connectivity index (χ3v) is 3.43. The lowest BCUT2D eigenvalue weighted by molar-refractivity contribution is -0.120. The van der Waals surface area contributed by atoms with Gasteiger partial charge in [-0.2, -0.15) is 0 Å². The van der Waals surface area contributed by atoms with Crippen LogP contribution in [0.15, 0.2) is 53.1 Å². The van der Waals surface area contributed by atoms with Gasteiger partial charge in [-0.15, -0.1) is 0 Å². The van der Waals surface area contributed by atoms with Gasteiger partial charge in [-0.1, -0.05) is 18.2 Å². The molecule has 1 aromatic heterocycles. The molecule has 6 heteroatoms. The normalized spacial score (nSPS) is 12.0. The minimum absolute atomic E-state index is 0.0567. The van der Waals surface area contributed by atoms with Gasteiger partial charge in [0.1, 0.15) is 5.76 Å². The van der Waals surface area contributed by atoms with Crippen molar-refractivity contribution in [2.75, 3.05) is 27.2 Å². The SMILES string of the molecule is CN(C)C(CNC(=O)CNC(=O)c1ccccc1)c1ccco1. The van der Waals surface area contributed by atoms with E-state index in [2.05, 4.69) is 10.6 Å². The number of nitrogens with one attached hydrogen (secondary N) is 2. The van der Waals surface area contributed by atoms with Gasteiger partial charge >= 0.3 is 0 Å². The smallest absolute Gasteiger partial charge is 0.251 e. The molecule has 1 heterocycles. The molecule has 1 aromatic carbocycles. The van der Waals surface area contributed by atoms with Gasteiger partial charge in [-0.3, -0.25) is 14.5 Å². The summed E-state index contributed by atoms with van der Waals surface area (Å²) >= 11 is 0. The first kappa shape index (κ1) is 16.8. The number of hydrogen-bond donors (Lipinski definition) is 2. The van der Waals surface area contributed by atoms with Gasteiger partial charge in [0.05, 0.1) is 18.8 Å². The van der Waals surface area contributed by atoms with Crippen LogP contribution < -0.4 is 10.6 Å². The highest BCUT2D eigenvalue weighted by molar-refractivity contribution is 5.96. The number of carbonyl (C=O) groups is 2. The fourth-order valence-corrected chi connectivity index (χ4v) is 2.14. The van der Waals surface area contributed by atoms with Crippen molar-refractivity contribution in [3.63, 3.8) is 0 Å². The van der Waals surface area contributed by atoms with Crippen LogP contribution in [0.1, 0.15) is 22.2 Å². The van der Waals surface area contributed by atoms with Crippen LogP contribution in [0.2, 0.25) is 0 Å². The highest BCUT2D eigenvalue weighted by atomic mass is 16.3. The predicted molar refractivity (Wildman–Crippen MR) is 86.9 cm³/mol. The summed E-state index contributed by atoms with van der Waals surface area (Å²) in [5, 5.41) is 5.40. The zero-order chi connectivity index (χ0) is 16.7. The molecule has 0 aliphatic carbocycles. The van der Waals surface area contributed by atoms with E-state index in [1.807, 2.05) is 37.2 Å². The maximum Gasteiger partial charge on any atom is 0.251 e.